The quantitative estimate of drug-likeness (QED) is 0.512. The highest BCUT2D eigenvalue weighted by Gasteiger charge is 2.16. The van der Waals surface area contributed by atoms with E-state index in [-0.39, 0.29) is 17.4 Å². The first-order valence-corrected chi connectivity index (χ1v) is 10.1. The minimum absolute atomic E-state index is 0.132. The van der Waals surface area contributed by atoms with Crippen LogP contribution in [0.5, 0.6) is 0 Å². The summed E-state index contributed by atoms with van der Waals surface area (Å²) in [6.45, 7) is 2.59. The van der Waals surface area contributed by atoms with Crippen molar-refractivity contribution < 1.29 is 9.71 Å². The summed E-state index contributed by atoms with van der Waals surface area (Å²) in [7, 11) is 0. The van der Waals surface area contributed by atoms with Crippen molar-refractivity contribution in [2.24, 2.45) is 0 Å². The lowest BCUT2D eigenvalue weighted by atomic mass is 10.1. The first kappa shape index (κ1) is 18.8. The standard InChI is InChI=1S/C21H17ClFN3OS/c1-12(15-4-2-3-5-17(15)22)24-10-18-25-20(27)19-16(11-28-21(19)26-18)13-6-8-14(23)9-7-13/h2-9,11-12,24H,10H2,1H3,(H,25,26,27)/p+1/t12-/m1/s1. The highest BCUT2D eigenvalue weighted by molar-refractivity contribution is 7.17. The zero-order valence-corrected chi connectivity index (χ0v) is 16.7. The van der Waals surface area contributed by atoms with E-state index in [0.29, 0.717) is 22.6 Å². The second-order valence-corrected chi connectivity index (χ2v) is 7.86. The fraction of sp³-hybridized carbons (Fsp3) is 0.143. The van der Waals surface area contributed by atoms with Crippen molar-refractivity contribution in [3.63, 3.8) is 0 Å². The topological polar surface area (TPSA) is 62.4 Å². The molecule has 3 N–H and O–H groups in total. The monoisotopic (exact) mass is 414 g/mol. The van der Waals surface area contributed by atoms with E-state index in [0.717, 1.165) is 21.7 Å². The summed E-state index contributed by atoms with van der Waals surface area (Å²) in [5, 5.41) is 5.24. The lowest BCUT2D eigenvalue weighted by molar-refractivity contribution is -0.708. The number of rotatable bonds is 5. The SMILES string of the molecule is C[C@@H]([NH2+]Cc1nc2scc(-c3ccc(F)cc3)c2c(=O)[nH]1)c1ccccc1Cl. The van der Waals surface area contributed by atoms with E-state index in [1.165, 1.54) is 23.5 Å². The molecule has 2 aromatic heterocycles. The summed E-state index contributed by atoms with van der Waals surface area (Å²) in [5.74, 6) is 0.310. The summed E-state index contributed by atoms with van der Waals surface area (Å²) in [6, 6.07) is 14.0. The molecule has 0 aliphatic carbocycles. The molecular weight excluding hydrogens is 397 g/mol. The van der Waals surface area contributed by atoms with Crippen molar-refractivity contribution in [1.82, 2.24) is 9.97 Å². The Hall–Kier alpha value is -2.54. The third-order valence-electron chi connectivity index (χ3n) is 4.71. The molecule has 0 radical (unpaired) electrons. The van der Waals surface area contributed by atoms with Gasteiger partial charge in [-0.15, -0.1) is 11.3 Å². The zero-order chi connectivity index (χ0) is 19.7. The fourth-order valence-corrected chi connectivity index (χ4v) is 4.47. The number of nitrogens with zero attached hydrogens (tertiary/aromatic N) is 1. The number of hydrogen-bond donors (Lipinski definition) is 2. The number of fused-ring (bicyclic) bond motifs is 1. The maximum Gasteiger partial charge on any atom is 0.260 e. The number of thiophene rings is 1. The minimum atomic E-state index is -0.305. The van der Waals surface area contributed by atoms with Gasteiger partial charge in [0.15, 0.2) is 5.82 Å². The highest BCUT2D eigenvalue weighted by Crippen LogP contribution is 2.30. The van der Waals surface area contributed by atoms with Gasteiger partial charge >= 0.3 is 0 Å². The lowest BCUT2D eigenvalue weighted by Crippen LogP contribution is -2.83. The van der Waals surface area contributed by atoms with Gasteiger partial charge in [0.05, 0.1) is 5.39 Å². The molecule has 4 rings (SSSR count). The molecule has 0 unspecified atom stereocenters. The van der Waals surface area contributed by atoms with Crippen molar-refractivity contribution in [3.05, 3.63) is 86.5 Å². The van der Waals surface area contributed by atoms with Crippen molar-refractivity contribution >= 4 is 33.2 Å². The molecule has 1 atom stereocenters. The smallest absolute Gasteiger partial charge is 0.260 e. The zero-order valence-electron chi connectivity index (χ0n) is 15.1. The van der Waals surface area contributed by atoms with Crippen LogP contribution in [0.2, 0.25) is 5.02 Å². The molecule has 4 aromatic rings. The van der Waals surface area contributed by atoms with Crippen molar-refractivity contribution in [2.75, 3.05) is 0 Å². The Morgan fingerprint density at radius 2 is 1.96 bits per heavy atom. The van der Waals surface area contributed by atoms with Crippen LogP contribution in [-0.2, 0) is 6.54 Å². The van der Waals surface area contributed by atoms with Gasteiger partial charge < -0.3 is 10.3 Å². The fourth-order valence-electron chi connectivity index (χ4n) is 3.19. The van der Waals surface area contributed by atoms with E-state index in [1.807, 2.05) is 29.6 Å². The number of hydrogen-bond acceptors (Lipinski definition) is 3. The predicted molar refractivity (Wildman–Crippen MR) is 111 cm³/mol. The summed E-state index contributed by atoms with van der Waals surface area (Å²) < 4.78 is 13.2. The van der Waals surface area contributed by atoms with Gasteiger partial charge in [-0.1, -0.05) is 41.9 Å². The van der Waals surface area contributed by atoms with Gasteiger partial charge in [0.25, 0.3) is 5.56 Å². The molecule has 2 aromatic carbocycles. The lowest BCUT2D eigenvalue weighted by Gasteiger charge is -2.12. The van der Waals surface area contributed by atoms with Crippen molar-refractivity contribution in [2.45, 2.75) is 19.5 Å². The maximum absolute atomic E-state index is 13.2. The normalized spacial score (nSPS) is 12.4. The van der Waals surface area contributed by atoms with E-state index >= 15 is 0 Å². The van der Waals surface area contributed by atoms with Crippen molar-refractivity contribution in [1.29, 1.82) is 0 Å². The van der Waals surface area contributed by atoms with Crippen LogP contribution in [0.3, 0.4) is 0 Å². The van der Waals surface area contributed by atoms with Gasteiger partial charge in [-0.05, 0) is 30.7 Å². The van der Waals surface area contributed by atoms with Gasteiger partial charge in [-0.25, -0.2) is 9.37 Å². The average molecular weight is 415 g/mol. The van der Waals surface area contributed by atoms with Crippen LogP contribution in [0, 0.1) is 5.82 Å². The summed E-state index contributed by atoms with van der Waals surface area (Å²) >= 11 is 7.67. The number of nitrogens with one attached hydrogen (secondary N) is 1. The molecule has 0 aliphatic heterocycles. The van der Waals surface area contributed by atoms with Crippen LogP contribution in [-0.4, -0.2) is 9.97 Å². The second-order valence-electron chi connectivity index (χ2n) is 6.60. The molecule has 4 nitrogen and oxygen atoms in total. The molecule has 142 valence electrons. The average Bonchev–Trinajstić information content (AvgIpc) is 3.12. The molecule has 0 fully saturated rings. The van der Waals surface area contributed by atoms with Crippen LogP contribution in [0.4, 0.5) is 4.39 Å². The molecule has 0 aliphatic rings. The summed E-state index contributed by atoms with van der Waals surface area (Å²) in [4.78, 5) is 20.9. The van der Waals surface area contributed by atoms with E-state index in [9.17, 15) is 9.18 Å². The Bertz CT molecular complexity index is 1190. The Labute approximate surface area is 170 Å². The number of halogens is 2. The molecule has 28 heavy (non-hydrogen) atoms. The number of nitrogens with two attached hydrogens (primary N) is 1. The molecular formula is C21H18ClFN3OS+. The van der Waals surface area contributed by atoms with Gasteiger partial charge in [-0.3, -0.25) is 4.79 Å². The molecule has 0 saturated heterocycles. The number of benzene rings is 2. The Morgan fingerprint density at radius 3 is 2.71 bits per heavy atom. The predicted octanol–water partition coefficient (Wildman–Crippen LogP) is 4.27. The van der Waals surface area contributed by atoms with Crippen molar-refractivity contribution in [3.8, 4) is 11.1 Å². The van der Waals surface area contributed by atoms with Crippen LogP contribution < -0.4 is 10.9 Å². The van der Waals surface area contributed by atoms with E-state index in [4.69, 9.17) is 11.6 Å². The Morgan fingerprint density at radius 1 is 1.21 bits per heavy atom. The van der Waals surface area contributed by atoms with Crippen LogP contribution in [0.1, 0.15) is 24.4 Å². The van der Waals surface area contributed by atoms with Gasteiger partial charge in [0.2, 0.25) is 0 Å². The third kappa shape index (κ3) is 3.71. The number of aromatic nitrogens is 2. The minimum Gasteiger partial charge on any atom is -0.334 e. The van der Waals surface area contributed by atoms with Gasteiger partial charge in [0.1, 0.15) is 23.2 Å². The third-order valence-corrected chi connectivity index (χ3v) is 5.93. The molecule has 0 bridgehead atoms. The first-order chi connectivity index (χ1) is 13.5. The van der Waals surface area contributed by atoms with Crippen LogP contribution >= 0.6 is 22.9 Å². The van der Waals surface area contributed by atoms with Gasteiger partial charge in [-0.2, -0.15) is 0 Å². The Kier molecular flexibility index (Phi) is 5.26. The number of H-pyrrole nitrogens is 1. The number of aromatic amines is 1. The molecule has 2 heterocycles. The van der Waals surface area contributed by atoms with E-state index in [1.54, 1.807) is 12.1 Å². The summed E-state index contributed by atoms with van der Waals surface area (Å²) in [5.41, 5.74) is 2.43. The van der Waals surface area contributed by atoms with E-state index < -0.39 is 0 Å². The molecule has 0 saturated carbocycles. The van der Waals surface area contributed by atoms with Gasteiger partial charge in [0, 0.05) is 21.5 Å². The van der Waals surface area contributed by atoms with Crippen LogP contribution in [0.25, 0.3) is 21.3 Å². The first-order valence-electron chi connectivity index (χ1n) is 8.87. The Balaban J connectivity index is 1.59. The summed E-state index contributed by atoms with van der Waals surface area (Å²) in [6.07, 6.45) is 0. The maximum atomic E-state index is 13.2. The molecule has 7 heteroatoms. The molecule has 0 spiro atoms. The van der Waals surface area contributed by atoms with Crippen LogP contribution in [0.15, 0.2) is 58.7 Å². The number of quaternary nitrogens is 1. The highest BCUT2D eigenvalue weighted by atomic mass is 35.5. The molecule has 0 amide bonds. The second kappa shape index (κ2) is 7.83. The largest absolute Gasteiger partial charge is 0.334 e. The van der Waals surface area contributed by atoms with E-state index in [2.05, 4.69) is 22.2 Å².